The van der Waals surface area contributed by atoms with Crippen LogP contribution < -0.4 is 0 Å². The van der Waals surface area contributed by atoms with Crippen LogP contribution in [0, 0.1) is 12.7 Å². The quantitative estimate of drug-likeness (QED) is 0.783. The highest BCUT2D eigenvalue weighted by Crippen LogP contribution is 2.12. The molecule has 1 rings (SSSR count). The molecule has 1 unspecified atom stereocenters. The summed E-state index contributed by atoms with van der Waals surface area (Å²) in [4.78, 5) is 13.5. The minimum absolute atomic E-state index is 0.0804. The van der Waals surface area contributed by atoms with Crippen molar-refractivity contribution in [2.45, 2.75) is 19.9 Å². The number of carbonyl (C=O) groups is 1. The highest BCUT2D eigenvalue weighted by Gasteiger charge is 2.17. The van der Waals surface area contributed by atoms with Gasteiger partial charge in [-0.2, -0.15) is 0 Å². The summed E-state index contributed by atoms with van der Waals surface area (Å²) in [5, 5.41) is 0.698. The minimum Gasteiger partial charge on any atom is -0.338 e. The molecule has 4 heteroatoms. The number of nitrogens with zero attached hydrogens (tertiary/aromatic N) is 1. The van der Waals surface area contributed by atoms with Gasteiger partial charge in [-0.05, 0) is 31.5 Å². The van der Waals surface area contributed by atoms with Gasteiger partial charge < -0.3 is 4.90 Å². The second-order valence-electron chi connectivity index (χ2n) is 3.88. The van der Waals surface area contributed by atoms with Crippen LogP contribution in [0.15, 0.2) is 18.2 Å². The summed E-state index contributed by atoms with van der Waals surface area (Å²) in [6, 6.07) is 4.64. The van der Waals surface area contributed by atoms with E-state index in [2.05, 4.69) is 15.9 Å². The Bertz CT molecular complexity index is 395. The van der Waals surface area contributed by atoms with Crippen molar-refractivity contribution in [3.8, 4) is 0 Å². The van der Waals surface area contributed by atoms with Gasteiger partial charge in [0.25, 0.3) is 5.91 Å². The van der Waals surface area contributed by atoms with Crippen molar-refractivity contribution >= 4 is 21.8 Å². The van der Waals surface area contributed by atoms with E-state index in [0.717, 1.165) is 0 Å². The summed E-state index contributed by atoms with van der Waals surface area (Å²) in [5.41, 5.74) is 0.936. The molecule has 1 atom stereocenters. The van der Waals surface area contributed by atoms with Gasteiger partial charge in [0.1, 0.15) is 5.82 Å². The van der Waals surface area contributed by atoms with E-state index < -0.39 is 0 Å². The van der Waals surface area contributed by atoms with Crippen molar-refractivity contribution in [3.63, 3.8) is 0 Å². The first-order chi connectivity index (χ1) is 7.47. The molecule has 0 heterocycles. The zero-order valence-electron chi connectivity index (χ0n) is 9.63. The first-order valence-corrected chi connectivity index (χ1v) is 6.18. The fourth-order valence-electron chi connectivity index (χ4n) is 1.23. The van der Waals surface area contributed by atoms with Crippen molar-refractivity contribution in [2.24, 2.45) is 0 Å². The molecule has 0 aliphatic heterocycles. The number of alkyl halides is 1. The topological polar surface area (TPSA) is 20.3 Å². The maximum absolute atomic E-state index is 13.3. The third kappa shape index (κ3) is 2.82. The maximum Gasteiger partial charge on any atom is 0.253 e. The lowest BCUT2D eigenvalue weighted by Gasteiger charge is -2.23. The number of aryl methyl sites for hydroxylation is 1. The fourth-order valence-corrected chi connectivity index (χ4v) is 1.67. The number of benzene rings is 1. The van der Waals surface area contributed by atoms with Gasteiger partial charge in [0.2, 0.25) is 0 Å². The van der Waals surface area contributed by atoms with Crippen LogP contribution in [0.5, 0.6) is 0 Å². The monoisotopic (exact) mass is 287 g/mol. The number of carbonyl (C=O) groups excluding carboxylic acids is 1. The molecular formula is C12H15BrFNO. The van der Waals surface area contributed by atoms with Crippen LogP contribution in [0.2, 0.25) is 0 Å². The van der Waals surface area contributed by atoms with Gasteiger partial charge in [-0.3, -0.25) is 4.79 Å². The number of rotatable bonds is 3. The zero-order chi connectivity index (χ0) is 12.3. The van der Waals surface area contributed by atoms with E-state index in [1.165, 1.54) is 6.07 Å². The van der Waals surface area contributed by atoms with E-state index in [4.69, 9.17) is 0 Å². The van der Waals surface area contributed by atoms with Gasteiger partial charge in [-0.15, -0.1) is 0 Å². The van der Waals surface area contributed by atoms with Crippen LogP contribution in [-0.4, -0.2) is 29.2 Å². The second kappa shape index (κ2) is 5.43. The third-order valence-corrected chi connectivity index (χ3v) is 3.56. The predicted molar refractivity (Wildman–Crippen MR) is 66.5 cm³/mol. The molecule has 0 aliphatic carbocycles. The van der Waals surface area contributed by atoms with E-state index >= 15 is 0 Å². The molecule has 2 nitrogen and oxygen atoms in total. The molecule has 0 bridgehead atoms. The van der Waals surface area contributed by atoms with Crippen LogP contribution in [0.1, 0.15) is 22.8 Å². The maximum atomic E-state index is 13.3. The summed E-state index contributed by atoms with van der Waals surface area (Å²) in [6.07, 6.45) is 0. The van der Waals surface area contributed by atoms with Crippen molar-refractivity contribution in [2.75, 3.05) is 12.4 Å². The summed E-state index contributed by atoms with van der Waals surface area (Å²) < 4.78 is 13.3. The van der Waals surface area contributed by atoms with Gasteiger partial charge in [0, 0.05) is 24.0 Å². The Morgan fingerprint density at radius 2 is 2.19 bits per heavy atom. The van der Waals surface area contributed by atoms with Crippen LogP contribution in [0.4, 0.5) is 4.39 Å². The van der Waals surface area contributed by atoms with Crippen LogP contribution in [-0.2, 0) is 0 Å². The lowest BCUT2D eigenvalue weighted by atomic mass is 10.1. The fraction of sp³-hybridized carbons (Fsp3) is 0.417. The molecule has 0 fully saturated rings. The zero-order valence-corrected chi connectivity index (χ0v) is 11.2. The van der Waals surface area contributed by atoms with E-state index in [-0.39, 0.29) is 17.8 Å². The molecule has 0 saturated carbocycles. The normalized spacial score (nSPS) is 12.3. The first kappa shape index (κ1) is 13.2. The van der Waals surface area contributed by atoms with Gasteiger partial charge in [0.05, 0.1) is 0 Å². The Balaban J connectivity index is 2.92. The highest BCUT2D eigenvalue weighted by molar-refractivity contribution is 9.09. The average Bonchev–Trinajstić information content (AvgIpc) is 2.29. The Hall–Kier alpha value is -0.900. The molecule has 0 spiro atoms. The van der Waals surface area contributed by atoms with Crippen molar-refractivity contribution in [1.29, 1.82) is 0 Å². The standard InChI is InChI=1S/C12H15BrFNO/c1-8-4-5-10(6-11(8)14)12(16)15(3)9(2)7-13/h4-6,9H,7H2,1-3H3. The largest absolute Gasteiger partial charge is 0.338 e. The van der Waals surface area contributed by atoms with Gasteiger partial charge >= 0.3 is 0 Å². The summed E-state index contributed by atoms with van der Waals surface area (Å²) in [5.74, 6) is -0.503. The Labute approximate surface area is 104 Å². The van der Waals surface area contributed by atoms with Crippen LogP contribution >= 0.6 is 15.9 Å². The van der Waals surface area contributed by atoms with Gasteiger partial charge in [0.15, 0.2) is 0 Å². The lowest BCUT2D eigenvalue weighted by Crippen LogP contribution is -2.36. The van der Waals surface area contributed by atoms with Crippen LogP contribution in [0.3, 0.4) is 0 Å². The number of amides is 1. The lowest BCUT2D eigenvalue weighted by molar-refractivity contribution is 0.0757. The third-order valence-electron chi connectivity index (χ3n) is 2.62. The summed E-state index contributed by atoms with van der Waals surface area (Å²) >= 11 is 3.31. The highest BCUT2D eigenvalue weighted by atomic mass is 79.9. The van der Waals surface area contributed by atoms with Crippen molar-refractivity contribution in [3.05, 3.63) is 35.1 Å². The molecule has 0 saturated heterocycles. The first-order valence-electron chi connectivity index (χ1n) is 5.06. The van der Waals surface area contributed by atoms with E-state index in [1.54, 1.807) is 31.0 Å². The predicted octanol–water partition coefficient (Wildman–Crippen LogP) is 2.99. The molecule has 1 amide bonds. The van der Waals surface area contributed by atoms with Gasteiger partial charge in [-0.1, -0.05) is 22.0 Å². The number of hydrogen-bond acceptors (Lipinski definition) is 1. The van der Waals surface area contributed by atoms with E-state index in [1.807, 2.05) is 6.92 Å². The molecule has 0 radical (unpaired) electrons. The molecule has 0 aliphatic rings. The SMILES string of the molecule is Cc1ccc(C(=O)N(C)C(C)CBr)cc1F. The Morgan fingerprint density at radius 3 is 2.69 bits per heavy atom. The molecular weight excluding hydrogens is 273 g/mol. The number of hydrogen-bond donors (Lipinski definition) is 0. The summed E-state index contributed by atoms with van der Waals surface area (Å²) in [7, 11) is 1.71. The Kier molecular flexibility index (Phi) is 4.47. The second-order valence-corrected chi connectivity index (χ2v) is 4.53. The van der Waals surface area contributed by atoms with Crippen molar-refractivity contribution in [1.82, 2.24) is 4.90 Å². The van der Waals surface area contributed by atoms with E-state index in [0.29, 0.717) is 16.5 Å². The van der Waals surface area contributed by atoms with Gasteiger partial charge in [-0.25, -0.2) is 4.39 Å². The molecule has 0 N–H and O–H groups in total. The van der Waals surface area contributed by atoms with E-state index in [9.17, 15) is 9.18 Å². The number of halogens is 2. The average molecular weight is 288 g/mol. The molecule has 1 aromatic carbocycles. The summed E-state index contributed by atoms with van der Waals surface area (Å²) in [6.45, 7) is 3.60. The van der Waals surface area contributed by atoms with Crippen molar-refractivity contribution < 1.29 is 9.18 Å². The molecule has 1 aromatic rings. The minimum atomic E-state index is -0.342. The Morgan fingerprint density at radius 1 is 1.56 bits per heavy atom. The molecule has 0 aromatic heterocycles. The smallest absolute Gasteiger partial charge is 0.253 e. The van der Waals surface area contributed by atoms with Crippen LogP contribution in [0.25, 0.3) is 0 Å². The molecule has 88 valence electrons. The molecule has 16 heavy (non-hydrogen) atoms.